The highest BCUT2D eigenvalue weighted by Gasteiger charge is 2.38. The van der Waals surface area contributed by atoms with Gasteiger partial charge in [0.2, 0.25) is 11.8 Å². The van der Waals surface area contributed by atoms with Crippen LogP contribution in [0.1, 0.15) is 50.0 Å². The van der Waals surface area contributed by atoms with Crippen molar-refractivity contribution < 1.29 is 22.8 Å². The van der Waals surface area contributed by atoms with Gasteiger partial charge in [-0.1, -0.05) is 0 Å². The summed E-state index contributed by atoms with van der Waals surface area (Å²) in [6, 6.07) is 1.16. The third-order valence-electron chi connectivity index (χ3n) is 5.68. The average Bonchev–Trinajstić information content (AvgIpc) is 3.32. The Morgan fingerprint density at radius 3 is 2.59 bits per heavy atom. The number of amides is 2. The van der Waals surface area contributed by atoms with E-state index in [0.717, 1.165) is 10.9 Å². The highest BCUT2D eigenvalue weighted by Crippen LogP contribution is 2.31. The van der Waals surface area contributed by atoms with Gasteiger partial charge in [-0.3, -0.25) is 9.59 Å². The molecule has 2 saturated heterocycles. The smallest absolute Gasteiger partial charge is 0.341 e. The molecule has 8 nitrogen and oxygen atoms in total. The third kappa shape index (κ3) is 3.65. The Balaban J connectivity index is 1.46. The molecule has 0 N–H and O–H groups in total. The number of halogens is 3. The lowest BCUT2D eigenvalue weighted by Gasteiger charge is -2.35. The molecule has 4 heterocycles. The molecule has 29 heavy (non-hydrogen) atoms. The predicted molar refractivity (Wildman–Crippen MR) is 94.7 cm³/mol. The van der Waals surface area contributed by atoms with E-state index in [1.54, 1.807) is 22.8 Å². The lowest BCUT2D eigenvalue weighted by molar-refractivity contribution is -0.144. The van der Waals surface area contributed by atoms with Gasteiger partial charge in [0.25, 0.3) is 11.6 Å². The fraction of sp³-hybridized carbons (Fsp3) is 0.611. The van der Waals surface area contributed by atoms with E-state index in [1.165, 1.54) is 6.20 Å². The standard InChI is InChI=1S/C18H21F3N6O2/c1-11(26-8-2-3-14(26)28)15(29)25-9-5-12(6-10-25)13-4-7-22-17-23-16(18(19,20)21)24-27(13)17/h4,7,11-12H,2-3,5-6,8-10H2,1H3/t11-/m0/s1. The van der Waals surface area contributed by atoms with Crippen molar-refractivity contribution in [2.75, 3.05) is 19.6 Å². The number of fused-ring (bicyclic) bond motifs is 1. The van der Waals surface area contributed by atoms with Crippen LogP contribution in [0.4, 0.5) is 13.2 Å². The molecule has 2 aromatic rings. The third-order valence-corrected chi connectivity index (χ3v) is 5.68. The van der Waals surface area contributed by atoms with Crippen molar-refractivity contribution in [1.82, 2.24) is 29.4 Å². The number of piperidine rings is 1. The number of carbonyl (C=O) groups excluding carboxylic acids is 2. The van der Waals surface area contributed by atoms with E-state index in [9.17, 15) is 22.8 Å². The van der Waals surface area contributed by atoms with Gasteiger partial charge < -0.3 is 9.80 Å². The number of nitrogens with zero attached hydrogens (tertiary/aromatic N) is 6. The average molecular weight is 410 g/mol. The lowest BCUT2D eigenvalue weighted by Crippen LogP contribution is -2.49. The predicted octanol–water partition coefficient (Wildman–Crippen LogP) is 1.86. The summed E-state index contributed by atoms with van der Waals surface area (Å²) in [6.07, 6.45) is -0.772. The zero-order chi connectivity index (χ0) is 20.8. The number of rotatable bonds is 3. The zero-order valence-corrected chi connectivity index (χ0v) is 15.9. The summed E-state index contributed by atoms with van der Waals surface area (Å²) >= 11 is 0. The molecular formula is C18H21F3N6O2. The van der Waals surface area contributed by atoms with Gasteiger partial charge in [0, 0.05) is 38.2 Å². The molecule has 11 heteroatoms. The number of likely N-dealkylation sites (tertiary alicyclic amines) is 2. The first-order chi connectivity index (χ1) is 13.8. The Hall–Kier alpha value is -2.72. The molecule has 0 aliphatic carbocycles. The fourth-order valence-corrected chi connectivity index (χ4v) is 4.11. The minimum atomic E-state index is -4.64. The normalized spacial score (nSPS) is 19.9. The molecule has 2 fully saturated rings. The van der Waals surface area contributed by atoms with Crippen molar-refractivity contribution >= 4 is 17.6 Å². The molecule has 0 bridgehead atoms. The Morgan fingerprint density at radius 2 is 1.97 bits per heavy atom. The van der Waals surface area contributed by atoms with E-state index >= 15 is 0 Å². The number of alkyl halides is 3. The van der Waals surface area contributed by atoms with Crippen LogP contribution in [0.5, 0.6) is 0 Å². The molecule has 0 radical (unpaired) electrons. The Morgan fingerprint density at radius 1 is 1.24 bits per heavy atom. The highest BCUT2D eigenvalue weighted by molar-refractivity contribution is 5.88. The summed E-state index contributed by atoms with van der Waals surface area (Å²) in [7, 11) is 0. The van der Waals surface area contributed by atoms with Crippen LogP contribution in [0.15, 0.2) is 12.3 Å². The first-order valence-corrected chi connectivity index (χ1v) is 9.63. The van der Waals surface area contributed by atoms with Crippen LogP contribution < -0.4 is 0 Å². The Bertz CT molecular complexity index is 935. The maximum absolute atomic E-state index is 12.9. The second kappa shape index (κ2) is 7.27. The van der Waals surface area contributed by atoms with E-state index in [4.69, 9.17) is 0 Å². The molecule has 4 rings (SSSR count). The quantitative estimate of drug-likeness (QED) is 0.771. The molecule has 2 aliphatic heterocycles. The van der Waals surface area contributed by atoms with Gasteiger partial charge >= 0.3 is 6.18 Å². The first kappa shape index (κ1) is 19.6. The van der Waals surface area contributed by atoms with Crippen LogP contribution in [0.2, 0.25) is 0 Å². The van der Waals surface area contributed by atoms with Crippen molar-refractivity contribution in [3.63, 3.8) is 0 Å². The second-order valence-electron chi connectivity index (χ2n) is 7.48. The molecule has 1 atom stereocenters. The minimum absolute atomic E-state index is 0.00608. The molecule has 2 amide bonds. The van der Waals surface area contributed by atoms with Crippen molar-refractivity contribution in [3.8, 4) is 0 Å². The van der Waals surface area contributed by atoms with Gasteiger partial charge in [0.15, 0.2) is 0 Å². The van der Waals surface area contributed by atoms with Gasteiger partial charge in [-0.2, -0.15) is 18.2 Å². The van der Waals surface area contributed by atoms with Gasteiger partial charge in [0.05, 0.1) is 5.69 Å². The van der Waals surface area contributed by atoms with Gasteiger partial charge in [0.1, 0.15) is 6.04 Å². The maximum Gasteiger partial charge on any atom is 0.453 e. The largest absolute Gasteiger partial charge is 0.453 e. The van der Waals surface area contributed by atoms with Crippen LogP contribution in [0.3, 0.4) is 0 Å². The lowest BCUT2D eigenvalue weighted by atomic mass is 9.93. The summed E-state index contributed by atoms with van der Waals surface area (Å²) < 4.78 is 39.9. The number of carbonyl (C=O) groups is 2. The van der Waals surface area contributed by atoms with Crippen molar-refractivity contribution in [1.29, 1.82) is 0 Å². The molecule has 0 aromatic carbocycles. The number of aromatic nitrogens is 4. The molecule has 0 spiro atoms. The van der Waals surface area contributed by atoms with E-state index in [2.05, 4.69) is 15.1 Å². The summed E-state index contributed by atoms with van der Waals surface area (Å²) in [4.78, 5) is 35.4. The summed E-state index contributed by atoms with van der Waals surface area (Å²) in [5, 5.41) is 3.60. The van der Waals surface area contributed by atoms with E-state index in [-0.39, 0.29) is 23.5 Å². The highest BCUT2D eigenvalue weighted by atomic mass is 19.4. The maximum atomic E-state index is 12.9. The SMILES string of the molecule is C[C@@H](C(=O)N1CCC(c2ccnc3nc(C(F)(F)F)nn23)CC1)N1CCCC1=O. The van der Waals surface area contributed by atoms with Crippen LogP contribution >= 0.6 is 0 Å². The van der Waals surface area contributed by atoms with Crippen molar-refractivity contribution in [2.45, 2.75) is 50.7 Å². The topological polar surface area (TPSA) is 83.7 Å². The Labute approximate surface area is 164 Å². The summed E-state index contributed by atoms with van der Waals surface area (Å²) in [6.45, 7) is 3.30. The van der Waals surface area contributed by atoms with Gasteiger partial charge in [-0.25, -0.2) is 9.50 Å². The minimum Gasteiger partial charge on any atom is -0.341 e. The van der Waals surface area contributed by atoms with Crippen LogP contribution in [0, 0.1) is 0 Å². The molecule has 2 aromatic heterocycles. The van der Waals surface area contributed by atoms with Crippen molar-refractivity contribution in [3.05, 3.63) is 23.8 Å². The van der Waals surface area contributed by atoms with Gasteiger partial charge in [-0.05, 0) is 32.3 Å². The van der Waals surface area contributed by atoms with Crippen LogP contribution in [-0.2, 0) is 15.8 Å². The molecule has 2 aliphatic rings. The van der Waals surface area contributed by atoms with E-state index < -0.39 is 18.0 Å². The summed E-state index contributed by atoms with van der Waals surface area (Å²) in [5.41, 5.74) is 0.605. The first-order valence-electron chi connectivity index (χ1n) is 9.63. The van der Waals surface area contributed by atoms with Crippen molar-refractivity contribution in [2.24, 2.45) is 0 Å². The van der Waals surface area contributed by atoms with E-state index in [1.807, 2.05) is 0 Å². The fourth-order valence-electron chi connectivity index (χ4n) is 4.11. The zero-order valence-electron chi connectivity index (χ0n) is 15.9. The second-order valence-corrected chi connectivity index (χ2v) is 7.48. The molecular weight excluding hydrogens is 389 g/mol. The monoisotopic (exact) mass is 410 g/mol. The van der Waals surface area contributed by atoms with E-state index in [0.29, 0.717) is 44.6 Å². The number of hydrogen-bond acceptors (Lipinski definition) is 5. The van der Waals surface area contributed by atoms with Crippen LogP contribution in [0.25, 0.3) is 5.78 Å². The Kier molecular flexibility index (Phi) is 4.91. The summed E-state index contributed by atoms with van der Waals surface area (Å²) in [5.74, 6) is -1.44. The van der Waals surface area contributed by atoms with Gasteiger partial charge in [-0.15, -0.1) is 5.10 Å². The molecule has 156 valence electrons. The van der Waals surface area contributed by atoms with Crippen LogP contribution in [-0.4, -0.2) is 66.9 Å². The molecule has 0 unspecified atom stereocenters. The molecule has 0 saturated carbocycles. The number of hydrogen-bond donors (Lipinski definition) is 0.